The summed E-state index contributed by atoms with van der Waals surface area (Å²) in [5.41, 5.74) is 0. The van der Waals surface area contributed by atoms with Crippen molar-refractivity contribution in [3.63, 3.8) is 0 Å². The monoisotopic (exact) mass is 350 g/mol. The Morgan fingerprint density at radius 3 is 2.52 bits per heavy atom. The Morgan fingerprint density at radius 1 is 1.12 bits per heavy atom. The Labute approximate surface area is 144 Å². The van der Waals surface area contributed by atoms with E-state index >= 15 is 0 Å². The Kier molecular flexibility index (Phi) is 7.42. The summed E-state index contributed by atoms with van der Waals surface area (Å²) in [6.45, 7) is 1.60. The first-order valence-corrected chi connectivity index (χ1v) is 7.74. The molecule has 0 saturated heterocycles. The molecule has 6 nitrogen and oxygen atoms in total. The van der Waals surface area contributed by atoms with Crippen LogP contribution in [0.4, 0.5) is 8.78 Å². The van der Waals surface area contributed by atoms with Gasteiger partial charge in [-0.05, 0) is 24.3 Å². The van der Waals surface area contributed by atoms with Crippen LogP contribution in [-0.2, 0) is 0 Å². The maximum absolute atomic E-state index is 13.4. The number of aliphatic imine (C=N–C) groups is 1. The Morgan fingerprint density at radius 2 is 1.88 bits per heavy atom. The molecule has 2 N–H and O–H groups in total. The fourth-order valence-corrected chi connectivity index (χ4v) is 1.91. The van der Waals surface area contributed by atoms with Gasteiger partial charge in [-0.3, -0.25) is 9.98 Å². The first kappa shape index (κ1) is 18.4. The zero-order valence-electron chi connectivity index (χ0n) is 13.8. The van der Waals surface area contributed by atoms with Crippen molar-refractivity contribution < 1.29 is 18.3 Å². The van der Waals surface area contributed by atoms with Crippen LogP contribution in [0.15, 0.2) is 47.7 Å². The second-order valence-electron chi connectivity index (χ2n) is 4.89. The van der Waals surface area contributed by atoms with Crippen molar-refractivity contribution in [2.75, 3.05) is 33.4 Å². The molecule has 134 valence electrons. The normalized spacial score (nSPS) is 11.1. The van der Waals surface area contributed by atoms with Gasteiger partial charge in [0.2, 0.25) is 0 Å². The van der Waals surface area contributed by atoms with E-state index in [9.17, 15) is 8.78 Å². The Balaban J connectivity index is 1.61. The molecule has 2 rings (SSSR count). The zero-order chi connectivity index (χ0) is 17.9. The maximum Gasteiger partial charge on any atom is 0.191 e. The molecule has 0 radical (unpaired) electrons. The van der Waals surface area contributed by atoms with Crippen LogP contribution in [0.2, 0.25) is 0 Å². The zero-order valence-corrected chi connectivity index (χ0v) is 13.8. The molecule has 0 aliphatic heterocycles. The van der Waals surface area contributed by atoms with Gasteiger partial charge in [0.05, 0.1) is 19.3 Å². The number of rotatable bonds is 8. The Hall–Kier alpha value is -2.90. The molecule has 0 atom stereocenters. The minimum atomic E-state index is -0.727. The number of hydrogen-bond donors (Lipinski definition) is 2. The second-order valence-corrected chi connectivity index (χ2v) is 4.89. The van der Waals surface area contributed by atoms with Crippen molar-refractivity contribution >= 4 is 5.96 Å². The molecule has 1 heterocycles. The average molecular weight is 350 g/mol. The predicted octanol–water partition coefficient (Wildman–Crippen LogP) is 1.98. The number of ether oxygens (including phenoxy) is 2. The lowest BCUT2D eigenvalue weighted by molar-refractivity contribution is 0.303. The predicted molar refractivity (Wildman–Crippen MR) is 90.9 cm³/mol. The summed E-state index contributed by atoms with van der Waals surface area (Å²) >= 11 is 0. The first-order valence-electron chi connectivity index (χ1n) is 7.74. The molecule has 0 bridgehead atoms. The smallest absolute Gasteiger partial charge is 0.191 e. The van der Waals surface area contributed by atoms with E-state index < -0.39 is 11.6 Å². The average Bonchev–Trinajstić information content (AvgIpc) is 2.62. The molecule has 0 aliphatic carbocycles. The van der Waals surface area contributed by atoms with Crippen LogP contribution in [0.5, 0.6) is 11.5 Å². The summed E-state index contributed by atoms with van der Waals surface area (Å²) in [6.07, 6.45) is 3.32. The summed E-state index contributed by atoms with van der Waals surface area (Å²) in [5, 5.41) is 6.09. The number of nitrogens with one attached hydrogen (secondary N) is 2. The maximum atomic E-state index is 13.4. The molecule has 1 aromatic heterocycles. The molecule has 8 heteroatoms. The van der Waals surface area contributed by atoms with Crippen LogP contribution in [0.25, 0.3) is 0 Å². The van der Waals surface area contributed by atoms with Gasteiger partial charge in [-0.25, -0.2) is 8.78 Å². The SMILES string of the molecule is CN=C(NCCOc1cccnc1)NCCOc1ccc(F)cc1F. The summed E-state index contributed by atoms with van der Waals surface area (Å²) in [6, 6.07) is 6.81. The molecule has 0 spiro atoms. The van der Waals surface area contributed by atoms with Crippen molar-refractivity contribution in [2.45, 2.75) is 0 Å². The van der Waals surface area contributed by atoms with E-state index in [1.54, 1.807) is 25.5 Å². The minimum absolute atomic E-state index is 0.0102. The lowest BCUT2D eigenvalue weighted by Gasteiger charge is -2.13. The van der Waals surface area contributed by atoms with E-state index in [0.717, 1.165) is 12.1 Å². The van der Waals surface area contributed by atoms with E-state index in [-0.39, 0.29) is 12.4 Å². The number of benzene rings is 1. The highest BCUT2D eigenvalue weighted by molar-refractivity contribution is 5.79. The molecule has 25 heavy (non-hydrogen) atoms. The van der Waals surface area contributed by atoms with Crippen molar-refractivity contribution in [1.29, 1.82) is 0 Å². The van der Waals surface area contributed by atoms with Crippen LogP contribution >= 0.6 is 0 Å². The highest BCUT2D eigenvalue weighted by atomic mass is 19.1. The van der Waals surface area contributed by atoms with Crippen molar-refractivity contribution in [3.05, 3.63) is 54.4 Å². The molecular weight excluding hydrogens is 330 g/mol. The van der Waals surface area contributed by atoms with Crippen LogP contribution in [0.1, 0.15) is 0 Å². The van der Waals surface area contributed by atoms with Crippen LogP contribution in [0.3, 0.4) is 0 Å². The molecule has 0 aliphatic rings. The standard InChI is InChI=1S/C17H20F2N4O2/c1-20-17(22-7-9-24-14-3-2-6-21-12-14)23-8-10-25-16-5-4-13(18)11-15(16)19/h2-6,11-12H,7-10H2,1H3,(H2,20,22,23). The number of aromatic nitrogens is 1. The number of nitrogens with zero attached hydrogens (tertiary/aromatic N) is 2. The molecule has 0 amide bonds. The van der Waals surface area contributed by atoms with Gasteiger partial charge in [-0.2, -0.15) is 0 Å². The number of pyridine rings is 1. The summed E-state index contributed by atoms with van der Waals surface area (Å²) < 4.78 is 37.0. The molecule has 1 aromatic carbocycles. The van der Waals surface area contributed by atoms with Gasteiger partial charge in [0.1, 0.15) is 24.8 Å². The first-order chi connectivity index (χ1) is 12.2. The number of hydrogen-bond acceptors (Lipinski definition) is 4. The Bertz CT molecular complexity index is 684. The summed E-state index contributed by atoms with van der Waals surface area (Å²) in [5.74, 6) is -0.0907. The second kappa shape index (κ2) is 10.1. The summed E-state index contributed by atoms with van der Waals surface area (Å²) in [4.78, 5) is 8.01. The van der Waals surface area contributed by atoms with Crippen molar-refractivity contribution in [3.8, 4) is 11.5 Å². The fourth-order valence-electron chi connectivity index (χ4n) is 1.91. The lowest BCUT2D eigenvalue weighted by Crippen LogP contribution is -2.41. The van der Waals surface area contributed by atoms with Crippen LogP contribution < -0.4 is 20.1 Å². The van der Waals surface area contributed by atoms with E-state index in [1.807, 2.05) is 6.07 Å². The molecule has 0 unspecified atom stereocenters. The minimum Gasteiger partial charge on any atom is -0.490 e. The third-order valence-corrected chi connectivity index (χ3v) is 3.07. The van der Waals surface area contributed by atoms with Gasteiger partial charge in [0.15, 0.2) is 17.5 Å². The third-order valence-electron chi connectivity index (χ3n) is 3.07. The quantitative estimate of drug-likeness (QED) is 0.433. The van der Waals surface area contributed by atoms with Crippen LogP contribution in [-0.4, -0.2) is 44.3 Å². The summed E-state index contributed by atoms with van der Waals surface area (Å²) in [7, 11) is 1.64. The van der Waals surface area contributed by atoms with Gasteiger partial charge in [-0.1, -0.05) is 0 Å². The van der Waals surface area contributed by atoms with Gasteiger partial charge in [-0.15, -0.1) is 0 Å². The fraction of sp³-hybridized carbons (Fsp3) is 0.294. The van der Waals surface area contributed by atoms with E-state index in [4.69, 9.17) is 9.47 Å². The van der Waals surface area contributed by atoms with Crippen molar-refractivity contribution in [2.24, 2.45) is 4.99 Å². The highest BCUT2D eigenvalue weighted by Crippen LogP contribution is 2.17. The van der Waals surface area contributed by atoms with E-state index in [1.165, 1.54) is 6.07 Å². The lowest BCUT2D eigenvalue weighted by atomic mass is 10.3. The van der Waals surface area contributed by atoms with Gasteiger partial charge < -0.3 is 20.1 Å². The number of halogens is 2. The molecule has 2 aromatic rings. The molecular formula is C17H20F2N4O2. The molecule has 0 saturated carbocycles. The van der Waals surface area contributed by atoms with Gasteiger partial charge in [0.25, 0.3) is 0 Å². The molecule has 0 fully saturated rings. The van der Waals surface area contributed by atoms with Gasteiger partial charge >= 0.3 is 0 Å². The van der Waals surface area contributed by atoms with E-state index in [0.29, 0.717) is 31.4 Å². The number of guanidine groups is 1. The van der Waals surface area contributed by atoms with Crippen LogP contribution in [0, 0.1) is 11.6 Å². The van der Waals surface area contributed by atoms with E-state index in [2.05, 4.69) is 20.6 Å². The topological polar surface area (TPSA) is 67.8 Å². The largest absolute Gasteiger partial charge is 0.490 e. The third kappa shape index (κ3) is 6.62. The van der Waals surface area contributed by atoms with Gasteiger partial charge in [0, 0.05) is 19.3 Å². The highest BCUT2D eigenvalue weighted by Gasteiger charge is 2.04. The van der Waals surface area contributed by atoms with Crippen molar-refractivity contribution in [1.82, 2.24) is 15.6 Å².